The normalized spacial score (nSPS) is 18.4. The number of imide groups is 1. The number of nitrogens with two attached hydrogens (primary N) is 1. The number of amides is 2. The van der Waals surface area contributed by atoms with Gasteiger partial charge < -0.3 is 15.4 Å². The summed E-state index contributed by atoms with van der Waals surface area (Å²) in [5.41, 5.74) is 6.22. The van der Waals surface area contributed by atoms with E-state index in [0.717, 1.165) is 0 Å². The van der Waals surface area contributed by atoms with Crippen LogP contribution >= 0.6 is 0 Å². The Kier molecular flexibility index (Phi) is 4.06. The third kappa shape index (κ3) is 2.78. The van der Waals surface area contributed by atoms with E-state index < -0.39 is 23.8 Å². The lowest BCUT2D eigenvalue weighted by molar-refractivity contribution is -0.132. The lowest BCUT2D eigenvalue weighted by Crippen LogP contribution is -2.58. The highest BCUT2D eigenvalue weighted by atomic mass is 16.5. The third-order valence-electron chi connectivity index (χ3n) is 3.21. The van der Waals surface area contributed by atoms with E-state index in [1.54, 1.807) is 0 Å². The molecule has 1 atom stereocenters. The molecule has 0 aliphatic carbocycles. The van der Waals surface area contributed by atoms with Crippen molar-refractivity contribution >= 4 is 29.3 Å². The molecule has 1 aliphatic heterocycles. The Labute approximate surface area is 121 Å². The molecule has 0 bridgehead atoms. The van der Waals surface area contributed by atoms with Crippen LogP contribution in [0, 0.1) is 0 Å². The quantitative estimate of drug-likeness (QED) is 0.580. The summed E-state index contributed by atoms with van der Waals surface area (Å²) in [6.45, 7) is 1.76. The van der Waals surface area contributed by atoms with Crippen LogP contribution in [0.5, 0.6) is 0 Å². The molecule has 1 aliphatic rings. The van der Waals surface area contributed by atoms with Crippen LogP contribution < -0.4 is 16.0 Å². The fourth-order valence-electron chi connectivity index (χ4n) is 2.20. The lowest BCUT2D eigenvalue weighted by Gasteiger charge is -2.34. The van der Waals surface area contributed by atoms with Gasteiger partial charge in [0.2, 0.25) is 11.8 Å². The number of carbonyl (C=O) groups excluding carboxylic acids is 3. The molecule has 112 valence electrons. The number of nitrogens with one attached hydrogen (secondary N) is 1. The highest BCUT2D eigenvalue weighted by Crippen LogP contribution is 2.25. The van der Waals surface area contributed by atoms with Crippen molar-refractivity contribution in [2.24, 2.45) is 0 Å². The number of hydrogen-bond acceptors (Lipinski definition) is 7. The predicted molar refractivity (Wildman–Crippen MR) is 74.6 cm³/mol. The molecule has 2 rings (SSSR count). The maximum atomic E-state index is 11.9. The average Bonchev–Trinajstić information content (AvgIpc) is 2.46. The van der Waals surface area contributed by atoms with Crippen LogP contribution in [0.1, 0.15) is 23.8 Å². The van der Waals surface area contributed by atoms with E-state index >= 15 is 0 Å². The van der Waals surface area contributed by atoms with Crippen molar-refractivity contribution in [3.8, 4) is 0 Å². The van der Waals surface area contributed by atoms with Crippen molar-refractivity contribution in [2.75, 3.05) is 24.3 Å². The van der Waals surface area contributed by atoms with Crippen LogP contribution in [0.4, 0.5) is 11.5 Å². The van der Waals surface area contributed by atoms with Gasteiger partial charge in [-0.2, -0.15) is 0 Å². The van der Waals surface area contributed by atoms with Gasteiger partial charge in [0.05, 0.1) is 19.3 Å². The number of hydrogen-bond donors (Lipinski definition) is 2. The zero-order valence-electron chi connectivity index (χ0n) is 11.8. The Morgan fingerprint density at radius 3 is 2.86 bits per heavy atom. The maximum absolute atomic E-state index is 11.9. The number of piperazine rings is 1. The summed E-state index contributed by atoms with van der Waals surface area (Å²) in [7, 11) is 1.24. The molecule has 1 saturated heterocycles. The summed E-state index contributed by atoms with van der Waals surface area (Å²) in [6.07, 6.45) is 0.475. The van der Waals surface area contributed by atoms with Gasteiger partial charge in [0, 0.05) is 0 Å². The van der Waals surface area contributed by atoms with Gasteiger partial charge in [-0.05, 0) is 18.6 Å². The van der Waals surface area contributed by atoms with E-state index in [9.17, 15) is 14.4 Å². The summed E-state index contributed by atoms with van der Waals surface area (Å²) >= 11 is 0. The fraction of sp³-hybridized carbons (Fsp3) is 0.385. The van der Waals surface area contributed by atoms with E-state index in [1.807, 2.05) is 6.92 Å². The molecule has 0 spiro atoms. The van der Waals surface area contributed by atoms with Crippen molar-refractivity contribution in [1.82, 2.24) is 10.3 Å². The van der Waals surface area contributed by atoms with Crippen LogP contribution in [0.2, 0.25) is 0 Å². The minimum Gasteiger partial charge on any atom is -0.464 e. The molecule has 8 nitrogen and oxygen atoms in total. The Hall–Kier alpha value is -2.64. The summed E-state index contributed by atoms with van der Waals surface area (Å²) in [5.74, 6) is -1.22. The SMILES string of the molecule is CCC1C(=O)NC(=O)CN1c1nc(C(=O)OC)ccc1N. The first-order chi connectivity index (χ1) is 9.97. The van der Waals surface area contributed by atoms with Gasteiger partial charge in [-0.3, -0.25) is 14.9 Å². The van der Waals surface area contributed by atoms with E-state index in [-0.39, 0.29) is 23.7 Å². The number of nitrogen functional groups attached to an aromatic ring is 1. The smallest absolute Gasteiger partial charge is 0.356 e. The first kappa shape index (κ1) is 14.8. The number of carbonyl (C=O) groups is 3. The number of esters is 1. The summed E-state index contributed by atoms with van der Waals surface area (Å²) in [4.78, 5) is 40.6. The van der Waals surface area contributed by atoms with Crippen LogP contribution in [-0.2, 0) is 14.3 Å². The minimum absolute atomic E-state index is 0.0495. The van der Waals surface area contributed by atoms with Crippen molar-refractivity contribution in [1.29, 1.82) is 0 Å². The standard InChI is InChI=1S/C13H16N4O4/c1-3-9-12(19)16-10(18)6-17(9)11-7(14)4-5-8(15-11)13(20)21-2/h4-5,9H,3,6,14H2,1-2H3,(H,16,18,19). The molecular weight excluding hydrogens is 276 g/mol. The van der Waals surface area contributed by atoms with Crippen LogP contribution in [0.25, 0.3) is 0 Å². The zero-order chi connectivity index (χ0) is 15.6. The molecule has 2 amide bonds. The van der Waals surface area contributed by atoms with E-state index in [1.165, 1.54) is 24.1 Å². The Bertz CT molecular complexity index is 602. The molecule has 1 unspecified atom stereocenters. The van der Waals surface area contributed by atoms with Crippen molar-refractivity contribution in [2.45, 2.75) is 19.4 Å². The molecule has 2 heterocycles. The highest BCUT2D eigenvalue weighted by molar-refractivity contribution is 6.05. The van der Waals surface area contributed by atoms with Crippen LogP contribution in [0.3, 0.4) is 0 Å². The minimum atomic E-state index is -0.614. The lowest BCUT2D eigenvalue weighted by atomic mass is 10.1. The molecule has 1 aromatic rings. The second-order valence-corrected chi connectivity index (χ2v) is 4.57. The number of ether oxygens (including phenoxy) is 1. The van der Waals surface area contributed by atoms with Gasteiger partial charge in [0.15, 0.2) is 11.5 Å². The first-order valence-corrected chi connectivity index (χ1v) is 6.43. The van der Waals surface area contributed by atoms with Crippen LogP contribution in [-0.4, -0.2) is 42.5 Å². The van der Waals surface area contributed by atoms with Crippen LogP contribution in [0.15, 0.2) is 12.1 Å². The highest BCUT2D eigenvalue weighted by Gasteiger charge is 2.34. The monoisotopic (exact) mass is 292 g/mol. The number of aromatic nitrogens is 1. The number of nitrogens with zero attached hydrogens (tertiary/aromatic N) is 2. The molecule has 0 radical (unpaired) electrons. The fourth-order valence-corrected chi connectivity index (χ4v) is 2.20. The zero-order valence-corrected chi connectivity index (χ0v) is 11.8. The van der Waals surface area contributed by atoms with Gasteiger partial charge in [-0.25, -0.2) is 9.78 Å². The maximum Gasteiger partial charge on any atom is 0.356 e. The third-order valence-corrected chi connectivity index (χ3v) is 3.21. The topological polar surface area (TPSA) is 115 Å². The van der Waals surface area contributed by atoms with E-state index in [4.69, 9.17) is 5.73 Å². The molecule has 0 saturated carbocycles. The summed E-state index contributed by atoms with van der Waals surface area (Å²) < 4.78 is 4.61. The summed E-state index contributed by atoms with van der Waals surface area (Å²) in [6, 6.07) is 2.36. The molecule has 21 heavy (non-hydrogen) atoms. The Morgan fingerprint density at radius 2 is 2.24 bits per heavy atom. The molecular formula is C13H16N4O4. The summed E-state index contributed by atoms with van der Waals surface area (Å²) in [5, 5.41) is 2.27. The molecule has 3 N–H and O–H groups in total. The molecule has 1 fully saturated rings. The average molecular weight is 292 g/mol. The van der Waals surface area contributed by atoms with Gasteiger partial charge in [0.25, 0.3) is 0 Å². The second kappa shape index (κ2) is 5.78. The largest absolute Gasteiger partial charge is 0.464 e. The second-order valence-electron chi connectivity index (χ2n) is 4.57. The number of anilines is 2. The van der Waals surface area contributed by atoms with Crippen molar-refractivity contribution in [3.05, 3.63) is 17.8 Å². The first-order valence-electron chi connectivity index (χ1n) is 6.43. The molecule has 8 heteroatoms. The van der Waals surface area contributed by atoms with Crippen molar-refractivity contribution in [3.63, 3.8) is 0 Å². The van der Waals surface area contributed by atoms with Gasteiger partial charge in [-0.1, -0.05) is 6.92 Å². The number of methoxy groups -OCH3 is 1. The predicted octanol–water partition coefficient (Wildman–Crippen LogP) is -0.308. The van der Waals surface area contributed by atoms with Gasteiger partial charge >= 0.3 is 5.97 Å². The van der Waals surface area contributed by atoms with E-state index in [0.29, 0.717) is 6.42 Å². The number of rotatable bonds is 3. The Balaban J connectivity index is 2.45. The van der Waals surface area contributed by atoms with E-state index in [2.05, 4.69) is 15.0 Å². The molecule has 0 aromatic carbocycles. The van der Waals surface area contributed by atoms with Crippen molar-refractivity contribution < 1.29 is 19.1 Å². The Morgan fingerprint density at radius 1 is 1.52 bits per heavy atom. The molecule has 1 aromatic heterocycles. The number of pyridine rings is 1. The van der Waals surface area contributed by atoms with Gasteiger partial charge in [-0.15, -0.1) is 0 Å². The van der Waals surface area contributed by atoms with Gasteiger partial charge in [0.1, 0.15) is 6.04 Å².